The van der Waals surface area contributed by atoms with Crippen molar-refractivity contribution in [2.24, 2.45) is 0 Å². The van der Waals surface area contributed by atoms with Crippen molar-refractivity contribution in [2.75, 3.05) is 12.1 Å². The van der Waals surface area contributed by atoms with Crippen molar-refractivity contribution in [3.8, 4) is 0 Å². The van der Waals surface area contributed by atoms with Gasteiger partial charge >= 0.3 is 0 Å². The van der Waals surface area contributed by atoms with Crippen LogP contribution in [0.5, 0.6) is 0 Å². The molecule has 0 bridgehead atoms. The fourth-order valence-electron chi connectivity index (χ4n) is 0.678. The first kappa shape index (κ1) is 7.02. The van der Waals surface area contributed by atoms with Gasteiger partial charge in [0.2, 0.25) is 0 Å². The SMILES string of the molecule is CN(OF)c1ccccc1. The highest BCUT2D eigenvalue weighted by Gasteiger charge is 1.96. The van der Waals surface area contributed by atoms with E-state index in [9.17, 15) is 4.53 Å². The molecule has 0 saturated carbocycles. The molecule has 1 aromatic rings. The molecular weight excluding hydrogens is 133 g/mol. The largest absolute Gasteiger partial charge is 0.221 e. The Morgan fingerprint density at radius 2 is 1.90 bits per heavy atom. The lowest BCUT2D eigenvalue weighted by Crippen LogP contribution is -2.11. The summed E-state index contributed by atoms with van der Waals surface area (Å²) in [5.41, 5.74) is 0.685. The van der Waals surface area contributed by atoms with Crippen LogP contribution in [0.25, 0.3) is 0 Å². The molecule has 2 nitrogen and oxygen atoms in total. The van der Waals surface area contributed by atoms with E-state index < -0.39 is 0 Å². The maximum Gasteiger partial charge on any atom is 0.0666 e. The van der Waals surface area contributed by atoms with Crippen LogP contribution in [0.2, 0.25) is 0 Å². The van der Waals surface area contributed by atoms with Crippen molar-refractivity contribution in [1.29, 1.82) is 0 Å². The summed E-state index contributed by atoms with van der Waals surface area (Å²) in [5, 5.41) is 4.51. The molecule has 10 heavy (non-hydrogen) atoms. The number of hydrogen-bond acceptors (Lipinski definition) is 2. The first-order valence-corrected chi connectivity index (χ1v) is 2.92. The topological polar surface area (TPSA) is 12.5 Å². The Kier molecular flexibility index (Phi) is 2.23. The lowest BCUT2D eigenvalue weighted by molar-refractivity contribution is -0.141. The smallest absolute Gasteiger partial charge is 0.0666 e. The molecule has 0 unspecified atom stereocenters. The van der Waals surface area contributed by atoms with E-state index in [4.69, 9.17) is 0 Å². The minimum Gasteiger partial charge on any atom is -0.221 e. The van der Waals surface area contributed by atoms with Gasteiger partial charge in [0.1, 0.15) is 0 Å². The van der Waals surface area contributed by atoms with Crippen molar-refractivity contribution in [3.05, 3.63) is 30.3 Å². The maximum atomic E-state index is 11.5. The van der Waals surface area contributed by atoms with Gasteiger partial charge in [-0.1, -0.05) is 23.2 Å². The molecule has 0 aliphatic rings. The first-order valence-electron chi connectivity index (χ1n) is 2.92. The highest BCUT2D eigenvalue weighted by atomic mass is 19.3. The summed E-state index contributed by atoms with van der Waals surface area (Å²) in [6.07, 6.45) is 0. The van der Waals surface area contributed by atoms with E-state index in [1.165, 1.54) is 7.05 Å². The summed E-state index contributed by atoms with van der Waals surface area (Å²) in [6.45, 7) is 0. The highest BCUT2D eigenvalue weighted by molar-refractivity contribution is 5.42. The van der Waals surface area contributed by atoms with E-state index in [0.29, 0.717) is 5.69 Å². The van der Waals surface area contributed by atoms with Crippen LogP contribution in [0.4, 0.5) is 10.2 Å². The second-order valence-electron chi connectivity index (χ2n) is 1.90. The van der Waals surface area contributed by atoms with Gasteiger partial charge in [0, 0.05) is 7.05 Å². The monoisotopic (exact) mass is 141 g/mol. The first-order chi connectivity index (χ1) is 4.84. The van der Waals surface area contributed by atoms with Crippen LogP contribution in [0, 0.1) is 0 Å². The molecule has 54 valence electrons. The van der Waals surface area contributed by atoms with Crippen LogP contribution < -0.4 is 5.06 Å². The summed E-state index contributed by atoms with van der Waals surface area (Å²) < 4.78 is 11.5. The van der Waals surface area contributed by atoms with Gasteiger partial charge in [0.05, 0.1) is 5.69 Å². The fraction of sp³-hybridized carbons (Fsp3) is 0.143. The minimum absolute atomic E-state index is 0.685. The Bertz CT molecular complexity index is 190. The number of nitrogens with zero attached hydrogens (tertiary/aromatic N) is 1. The number of rotatable bonds is 2. The highest BCUT2D eigenvalue weighted by Crippen LogP contribution is 2.10. The third-order valence-corrected chi connectivity index (χ3v) is 1.22. The number of benzene rings is 1. The van der Waals surface area contributed by atoms with Crippen LogP contribution in [0.1, 0.15) is 0 Å². The molecule has 1 aromatic carbocycles. The summed E-state index contributed by atoms with van der Waals surface area (Å²) in [6, 6.07) is 8.98. The van der Waals surface area contributed by atoms with Gasteiger partial charge in [-0.2, -0.15) is 0 Å². The summed E-state index contributed by atoms with van der Waals surface area (Å²) in [4.78, 5) is 0. The Morgan fingerprint density at radius 3 is 2.40 bits per heavy atom. The average Bonchev–Trinajstić information content (AvgIpc) is 2.05. The van der Waals surface area contributed by atoms with Gasteiger partial charge in [-0.05, 0) is 16.7 Å². The zero-order valence-electron chi connectivity index (χ0n) is 5.62. The van der Waals surface area contributed by atoms with Gasteiger partial charge in [-0.3, -0.25) is 0 Å². The van der Waals surface area contributed by atoms with Crippen molar-refractivity contribution in [1.82, 2.24) is 0 Å². The molecule has 0 aliphatic heterocycles. The molecule has 0 amide bonds. The molecule has 0 atom stereocenters. The van der Waals surface area contributed by atoms with Crippen LogP contribution in [0.3, 0.4) is 0 Å². The van der Waals surface area contributed by atoms with Crippen molar-refractivity contribution in [3.63, 3.8) is 0 Å². The standard InChI is InChI=1S/C7H8FNO/c1-9(10-8)7-5-3-2-4-6-7/h2-6H,1H3. The minimum atomic E-state index is 0.685. The molecule has 3 heteroatoms. The zero-order valence-corrected chi connectivity index (χ0v) is 5.62. The number of anilines is 1. The normalized spacial score (nSPS) is 9.40. The molecule has 1 rings (SSSR count). The number of hydroxylamine groups is 1. The van der Waals surface area contributed by atoms with E-state index >= 15 is 0 Å². The van der Waals surface area contributed by atoms with Crippen LogP contribution in [-0.2, 0) is 5.04 Å². The van der Waals surface area contributed by atoms with E-state index in [1.54, 1.807) is 12.1 Å². The van der Waals surface area contributed by atoms with Crippen LogP contribution in [-0.4, -0.2) is 7.05 Å². The number of hydrogen-bond donors (Lipinski definition) is 0. The molecular formula is C7H8FNO. The molecule has 0 heterocycles. The number of halogens is 1. The third kappa shape index (κ3) is 1.45. The predicted molar refractivity (Wildman–Crippen MR) is 37.0 cm³/mol. The molecule has 0 N–H and O–H groups in total. The van der Waals surface area contributed by atoms with Crippen molar-refractivity contribution in [2.45, 2.75) is 0 Å². The summed E-state index contributed by atoms with van der Waals surface area (Å²) in [7, 11) is 1.50. The second-order valence-corrected chi connectivity index (χ2v) is 1.90. The lowest BCUT2D eigenvalue weighted by Gasteiger charge is -2.09. The Balaban J connectivity index is 2.75. The third-order valence-electron chi connectivity index (χ3n) is 1.22. The van der Waals surface area contributed by atoms with Crippen LogP contribution >= 0.6 is 0 Å². The summed E-state index contributed by atoms with van der Waals surface area (Å²) in [5.74, 6) is 0. The predicted octanol–water partition coefficient (Wildman–Crippen LogP) is 1.94. The molecule has 0 spiro atoms. The van der Waals surface area contributed by atoms with Crippen molar-refractivity contribution < 1.29 is 9.57 Å². The van der Waals surface area contributed by atoms with Gasteiger partial charge in [0.15, 0.2) is 0 Å². The van der Waals surface area contributed by atoms with Crippen LogP contribution in [0.15, 0.2) is 30.3 Å². The molecule has 0 fully saturated rings. The zero-order chi connectivity index (χ0) is 7.40. The maximum absolute atomic E-state index is 11.5. The van der Waals surface area contributed by atoms with E-state index in [-0.39, 0.29) is 0 Å². The Morgan fingerprint density at radius 1 is 1.30 bits per heavy atom. The lowest BCUT2D eigenvalue weighted by atomic mass is 10.3. The molecule has 0 saturated heterocycles. The van der Waals surface area contributed by atoms with E-state index in [2.05, 4.69) is 5.04 Å². The van der Waals surface area contributed by atoms with Gasteiger partial charge in [-0.15, -0.1) is 0 Å². The van der Waals surface area contributed by atoms with E-state index in [0.717, 1.165) is 5.06 Å². The van der Waals surface area contributed by atoms with E-state index in [1.807, 2.05) is 18.2 Å². The second kappa shape index (κ2) is 3.17. The van der Waals surface area contributed by atoms with Crippen molar-refractivity contribution >= 4 is 5.69 Å². The van der Waals surface area contributed by atoms with Gasteiger partial charge in [-0.25, -0.2) is 5.06 Å². The molecule has 0 aromatic heterocycles. The van der Waals surface area contributed by atoms with Gasteiger partial charge < -0.3 is 0 Å². The average molecular weight is 141 g/mol. The molecule has 0 aliphatic carbocycles. The summed E-state index contributed by atoms with van der Waals surface area (Å²) >= 11 is 0. The molecule has 0 radical (unpaired) electrons. The fourth-order valence-corrected chi connectivity index (χ4v) is 0.678. The Hall–Kier alpha value is -1.09. The number of para-hydroxylation sites is 1. The van der Waals surface area contributed by atoms with Gasteiger partial charge in [0.25, 0.3) is 0 Å². The quantitative estimate of drug-likeness (QED) is 0.583. The Labute approximate surface area is 58.7 Å².